The standard InChI is InChI=1S/C19H17ClN2O/c20-15-7-4-8-16-18(15)19(23)14-9-10-22(12-17(14)21-16)11-13-5-2-1-3-6-13/h1-8H,9-12H2,(H,21,23). The third-order valence-corrected chi connectivity index (χ3v) is 4.79. The zero-order chi connectivity index (χ0) is 15.8. The minimum absolute atomic E-state index is 0.0821. The molecule has 1 aliphatic rings. The molecule has 2 heterocycles. The Kier molecular flexibility index (Phi) is 3.68. The summed E-state index contributed by atoms with van der Waals surface area (Å²) in [5.41, 5.74) is 4.10. The molecular formula is C19H17ClN2O. The van der Waals surface area contributed by atoms with Crippen LogP contribution in [0.2, 0.25) is 5.02 Å². The van der Waals surface area contributed by atoms with Crippen molar-refractivity contribution in [3.05, 3.63) is 80.6 Å². The van der Waals surface area contributed by atoms with Crippen LogP contribution >= 0.6 is 11.6 Å². The summed E-state index contributed by atoms with van der Waals surface area (Å²) in [4.78, 5) is 18.5. The summed E-state index contributed by atoms with van der Waals surface area (Å²) >= 11 is 6.21. The van der Waals surface area contributed by atoms with E-state index in [4.69, 9.17) is 11.6 Å². The zero-order valence-corrected chi connectivity index (χ0v) is 13.4. The highest BCUT2D eigenvalue weighted by molar-refractivity contribution is 6.35. The van der Waals surface area contributed by atoms with Crippen molar-refractivity contribution < 1.29 is 0 Å². The van der Waals surface area contributed by atoms with Gasteiger partial charge in [-0.15, -0.1) is 0 Å². The lowest BCUT2D eigenvalue weighted by molar-refractivity contribution is 0.241. The fraction of sp³-hybridized carbons (Fsp3) is 0.211. The van der Waals surface area contributed by atoms with E-state index in [2.05, 4.69) is 34.1 Å². The van der Waals surface area contributed by atoms with Crippen molar-refractivity contribution in [3.63, 3.8) is 0 Å². The van der Waals surface area contributed by atoms with Gasteiger partial charge in [-0.25, -0.2) is 0 Å². The zero-order valence-electron chi connectivity index (χ0n) is 12.7. The molecule has 0 radical (unpaired) electrons. The molecule has 0 bridgehead atoms. The molecule has 0 fully saturated rings. The molecule has 4 rings (SSSR count). The Labute approximate surface area is 139 Å². The molecule has 0 saturated carbocycles. The van der Waals surface area contributed by atoms with Gasteiger partial charge < -0.3 is 4.98 Å². The fourth-order valence-electron chi connectivity index (χ4n) is 3.33. The molecule has 0 aliphatic carbocycles. The summed E-state index contributed by atoms with van der Waals surface area (Å²) in [7, 11) is 0. The van der Waals surface area contributed by atoms with E-state index in [0.717, 1.165) is 42.8 Å². The summed E-state index contributed by atoms with van der Waals surface area (Å²) in [6.45, 7) is 2.55. The first kappa shape index (κ1) is 14.5. The predicted molar refractivity (Wildman–Crippen MR) is 93.8 cm³/mol. The first-order valence-corrected chi connectivity index (χ1v) is 8.19. The molecule has 116 valence electrons. The predicted octanol–water partition coefficient (Wildman–Crippen LogP) is 3.74. The number of aromatic amines is 1. The van der Waals surface area contributed by atoms with Gasteiger partial charge in [-0.2, -0.15) is 0 Å². The van der Waals surface area contributed by atoms with Gasteiger partial charge >= 0.3 is 0 Å². The Bertz CT molecular complexity index is 918. The molecule has 0 atom stereocenters. The molecule has 0 saturated heterocycles. The molecule has 3 nitrogen and oxygen atoms in total. The minimum atomic E-state index is 0.0821. The van der Waals surface area contributed by atoms with Gasteiger partial charge in [-0.05, 0) is 24.1 Å². The first-order chi connectivity index (χ1) is 11.2. The molecule has 0 amide bonds. The van der Waals surface area contributed by atoms with Crippen molar-refractivity contribution in [2.75, 3.05) is 6.54 Å². The number of H-pyrrole nitrogens is 1. The largest absolute Gasteiger partial charge is 0.357 e. The van der Waals surface area contributed by atoms with Gasteiger partial charge in [-0.3, -0.25) is 9.69 Å². The van der Waals surface area contributed by atoms with Crippen LogP contribution in [0.3, 0.4) is 0 Å². The van der Waals surface area contributed by atoms with Crippen molar-refractivity contribution in [1.82, 2.24) is 9.88 Å². The van der Waals surface area contributed by atoms with E-state index in [-0.39, 0.29) is 5.43 Å². The maximum Gasteiger partial charge on any atom is 0.194 e. The number of nitrogens with zero attached hydrogens (tertiary/aromatic N) is 1. The SMILES string of the molecule is O=c1c2c([nH]c3cccc(Cl)c13)CN(Cc1ccccc1)CC2. The third kappa shape index (κ3) is 2.67. The van der Waals surface area contributed by atoms with Gasteiger partial charge in [-0.1, -0.05) is 48.0 Å². The number of hydrogen-bond donors (Lipinski definition) is 1. The summed E-state index contributed by atoms with van der Waals surface area (Å²) in [5, 5.41) is 1.14. The Balaban J connectivity index is 1.70. The van der Waals surface area contributed by atoms with Crippen molar-refractivity contribution in [2.45, 2.75) is 19.5 Å². The van der Waals surface area contributed by atoms with Gasteiger partial charge in [0.2, 0.25) is 0 Å². The van der Waals surface area contributed by atoms with Crippen LogP contribution in [0.5, 0.6) is 0 Å². The highest BCUT2D eigenvalue weighted by atomic mass is 35.5. The number of halogens is 1. The number of aromatic nitrogens is 1. The molecule has 1 N–H and O–H groups in total. The maximum atomic E-state index is 12.7. The lowest BCUT2D eigenvalue weighted by Crippen LogP contribution is -2.34. The second-order valence-electron chi connectivity index (χ2n) is 6.02. The van der Waals surface area contributed by atoms with Crippen LogP contribution in [0.1, 0.15) is 16.8 Å². The van der Waals surface area contributed by atoms with Gasteiger partial charge in [0.05, 0.1) is 15.9 Å². The van der Waals surface area contributed by atoms with Crippen LogP contribution in [0.15, 0.2) is 53.3 Å². The van der Waals surface area contributed by atoms with E-state index < -0.39 is 0 Å². The maximum absolute atomic E-state index is 12.7. The van der Waals surface area contributed by atoms with E-state index in [1.165, 1.54) is 5.56 Å². The summed E-state index contributed by atoms with van der Waals surface area (Å²) < 4.78 is 0. The molecule has 0 unspecified atom stereocenters. The minimum Gasteiger partial charge on any atom is -0.357 e. The molecule has 23 heavy (non-hydrogen) atoms. The molecule has 3 aromatic rings. The van der Waals surface area contributed by atoms with Crippen LogP contribution in [-0.4, -0.2) is 16.4 Å². The van der Waals surface area contributed by atoms with Gasteiger partial charge in [0.15, 0.2) is 5.43 Å². The molecule has 1 aromatic heterocycles. The van der Waals surface area contributed by atoms with E-state index in [1.807, 2.05) is 18.2 Å². The number of pyridine rings is 1. The van der Waals surface area contributed by atoms with Crippen LogP contribution < -0.4 is 5.43 Å². The molecule has 0 spiro atoms. The van der Waals surface area contributed by atoms with E-state index in [9.17, 15) is 4.79 Å². The lowest BCUT2D eigenvalue weighted by Gasteiger charge is -2.28. The molecule has 1 aliphatic heterocycles. The van der Waals surface area contributed by atoms with Crippen LogP contribution in [0, 0.1) is 0 Å². The van der Waals surface area contributed by atoms with Gasteiger partial charge in [0.1, 0.15) is 0 Å². The molecule has 4 heteroatoms. The first-order valence-electron chi connectivity index (χ1n) is 7.81. The lowest BCUT2D eigenvalue weighted by atomic mass is 10.0. The normalized spacial score (nSPS) is 14.8. The smallest absolute Gasteiger partial charge is 0.194 e. The van der Waals surface area contributed by atoms with Crippen molar-refractivity contribution in [2.24, 2.45) is 0 Å². The monoisotopic (exact) mass is 324 g/mol. The van der Waals surface area contributed by atoms with Gasteiger partial charge in [0.25, 0.3) is 0 Å². The highest BCUT2D eigenvalue weighted by Crippen LogP contribution is 2.23. The summed E-state index contributed by atoms with van der Waals surface area (Å²) in [6.07, 6.45) is 0.763. The van der Waals surface area contributed by atoms with Crippen LogP contribution in [-0.2, 0) is 19.5 Å². The van der Waals surface area contributed by atoms with Crippen molar-refractivity contribution in [3.8, 4) is 0 Å². The Morgan fingerprint density at radius 3 is 2.74 bits per heavy atom. The fourth-order valence-corrected chi connectivity index (χ4v) is 3.59. The number of benzene rings is 2. The van der Waals surface area contributed by atoms with E-state index >= 15 is 0 Å². The Morgan fingerprint density at radius 2 is 1.91 bits per heavy atom. The molecular weight excluding hydrogens is 308 g/mol. The average Bonchev–Trinajstić information content (AvgIpc) is 2.55. The third-order valence-electron chi connectivity index (χ3n) is 4.47. The van der Waals surface area contributed by atoms with E-state index in [1.54, 1.807) is 6.07 Å². The number of rotatable bonds is 2. The Hall–Kier alpha value is -2.10. The van der Waals surface area contributed by atoms with Crippen LogP contribution in [0.25, 0.3) is 10.9 Å². The average molecular weight is 325 g/mol. The quantitative estimate of drug-likeness (QED) is 0.779. The summed E-state index contributed by atoms with van der Waals surface area (Å²) in [6, 6.07) is 16.0. The summed E-state index contributed by atoms with van der Waals surface area (Å²) in [5.74, 6) is 0. The second-order valence-corrected chi connectivity index (χ2v) is 6.43. The van der Waals surface area contributed by atoms with Crippen LogP contribution in [0.4, 0.5) is 0 Å². The van der Waals surface area contributed by atoms with Crippen molar-refractivity contribution >= 4 is 22.5 Å². The highest BCUT2D eigenvalue weighted by Gasteiger charge is 2.21. The number of nitrogens with one attached hydrogen (secondary N) is 1. The number of fused-ring (bicyclic) bond motifs is 2. The topological polar surface area (TPSA) is 36.1 Å². The second kappa shape index (κ2) is 5.84. The van der Waals surface area contributed by atoms with Gasteiger partial charge in [0, 0.05) is 30.9 Å². The van der Waals surface area contributed by atoms with E-state index in [0.29, 0.717) is 10.4 Å². The van der Waals surface area contributed by atoms with Crippen molar-refractivity contribution in [1.29, 1.82) is 0 Å². The number of hydrogen-bond acceptors (Lipinski definition) is 2. The molecule has 2 aromatic carbocycles. The Morgan fingerprint density at radius 1 is 1.09 bits per heavy atom.